The van der Waals surface area contributed by atoms with Gasteiger partial charge in [-0.3, -0.25) is 4.98 Å². The van der Waals surface area contributed by atoms with Gasteiger partial charge in [-0.05, 0) is 18.2 Å². The first-order valence-electron chi connectivity index (χ1n) is 6.37. The third-order valence-corrected chi connectivity index (χ3v) is 3.87. The third-order valence-electron chi connectivity index (χ3n) is 3.87. The number of fused-ring (bicyclic) bond motifs is 7. The number of aromatic nitrogens is 4. The summed E-state index contributed by atoms with van der Waals surface area (Å²) in [6.45, 7) is 0.899. The first kappa shape index (κ1) is 9.33. The molecule has 0 saturated carbocycles. The fourth-order valence-electron chi connectivity index (χ4n) is 3.05. The van der Waals surface area contributed by atoms with Crippen LogP contribution in [0, 0.1) is 0 Å². The van der Waals surface area contributed by atoms with Crippen LogP contribution >= 0.6 is 0 Å². The Balaban J connectivity index is 1.94. The van der Waals surface area contributed by atoms with Gasteiger partial charge in [0.25, 0.3) is 0 Å². The molecule has 4 aromatic heterocycles. The van der Waals surface area contributed by atoms with E-state index in [1.54, 1.807) is 0 Å². The lowest BCUT2D eigenvalue weighted by molar-refractivity contribution is -0.508. The molecular weight excluding hydrogens is 236 g/mol. The molecule has 1 aliphatic rings. The number of hydrogen-bond donors (Lipinski definition) is 0. The predicted molar refractivity (Wildman–Crippen MR) is 70.9 cm³/mol. The molecular formula is C15H11N4+. The Labute approximate surface area is 109 Å². The molecule has 90 valence electrons. The van der Waals surface area contributed by atoms with E-state index < -0.39 is 0 Å². The highest BCUT2D eigenvalue weighted by atomic mass is 15.2. The summed E-state index contributed by atoms with van der Waals surface area (Å²) in [5.41, 5.74) is 4.81. The Hall–Kier alpha value is -2.62. The summed E-state index contributed by atoms with van der Waals surface area (Å²) in [5, 5.41) is 0. The monoisotopic (exact) mass is 247 g/mol. The molecule has 4 heteroatoms. The summed E-state index contributed by atoms with van der Waals surface area (Å²) in [7, 11) is 0. The van der Waals surface area contributed by atoms with E-state index in [1.165, 1.54) is 22.6 Å². The van der Waals surface area contributed by atoms with Crippen LogP contribution in [-0.4, -0.2) is 14.0 Å². The standard InChI is InChI=1S/C15H11N4/c1-2-7-18-12(5-1)9-17-10-13-14-11(4-3-6-16-14)8-19(13)15(17)18/h1-7,9-10H,8H2/q+1. The first-order valence-corrected chi connectivity index (χ1v) is 6.37. The largest absolute Gasteiger partial charge is 0.374 e. The van der Waals surface area contributed by atoms with Gasteiger partial charge in [0, 0.05) is 11.8 Å². The van der Waals surface area contributed by atoms with Crippen molar-refractivity contribution < 1.29 is 4.40 Å². The van der Waals surface area contributed by atoms with Gasteiger partial charge in [-0.25, -0.2) is 13.4 Å². The van der Waals surface area contributed by atoms with Crippen LogP contribution in [0.1, 0.15) is 5.56 Å². The highest BCUT2D eigenvalue weighted by molar-refractivity contribution is 5.66. The molecule has 0 radical (unpaired) electrons. The molecule has 0 amide bonds. The van der Waals surface area contributed by atoms with Gasteiger partial charge in [-0.1, -0.05) is 12.1 Å². The van der Waals surface area contributed by atoms with E-state index in [4.69, 9.17) is 0 Å². The summed E-state index contributed by atoms with van der Waals surface area (Å²) in [5.74, 6) is 1.18. The molecule has 0 fully saturated rings. The van der Waals surface area contributed by atoms with Crippen molar-refractivity contribution in [1.29, 1.82) is 0 Å². The van der Waals surface area contributed by atoms with Crippen molar-refractivity contribution in [1.82, 2.24) is 14.0 Å². The summed E-state index contributed by atoms with van der Waals surface area (Å²) in [6.07, 6.45) is 8.29. The van der Waals surface area contributed by atoms with Crippen LogP contribution in [0.3, 0.4) is 0 Å². The van der Waals surface area contributed by atoms with Crippen LogP contribution in [0.5, 0.6) is 0 Å². The molecule has 0 aromatic carbocycles. The number of imidazole rings is 2. The van der Waals surface area contributed by atoms with E-state index >= 15 is 0 Å². The van der Waals surface area contributed by atoms with Crippen LogP contribution < -0.4 is 4.40 Å². The smallest absolute Gasteiger partial charge is 0.253 e. The van der Waals surface area contributed by atoms with Gasteiger partial charge in [-0.2, -0.15) is 0 Å². The lowest BCUT2D eigenvalue weighted by atomic mass is 10.2. The molecule has 0 aliphatic carbocycles. The fraction of sp³-hybridized carbons (Fsp3) is 0.0667. The van der Waals surface area contributed by atoms with Gasteiger partial charge in [0.2, 0.25) is 0 Å². The summed E-state index contributed by atoms with van der Waals surface area (Å²) in [4.78, 5) is 4.51. The summed E-state index contributed by atoms with van der Waals surface area (Å²) in [6, 6.07) is 10.4. The molecule has 5 rings (SSSR count). The van der Waals surface area contributed by atoms with E-state index in [9.17, 15) is 0 Å². The topological polar surface area (TPSA) is 26.3 Å². The van der Waals surface area contributed by atoms with E-state index in [0.29, 0.717) is 0 Å². The molecule has 0 bridgehead atoms. The Morgan fingerprint density at radius 1 is 1.11 bits per heavy atom. The van der Waals surface area contributed by atoms with Crippen molar-refractivity contribution >= 4 is 11.3 Å². The molecule has 0 atom stereocenters. The van der Waals surface area contributed by atoms with Crippen molar-refractivity contribution in [3.05, 3.63) is 60.7 Å². The van der Waals surface area contributed by atoms with Crippen LogP contribution in [0.2, 0.25) is 0 Å². The highest BCUT2D eigenvalue weighted by Crippen LogP contribution is 2.30. The third kappa shape index (κ3) is 1.04. The molecule has 1 aliphatic heterocycles. The van der Waals surface area contributed by atoms with Crippen molar-refractivity contribution in [3.63, 3.8) is 0 Å². The predicted octanol–water partition coefficient (Wildman–Crippen LogP) is 1.90. The van der Waals surface area contributed by atoms with Crippen LogP contribution in [0.25, 0.3) is 22.7 Å². The zero-order chi connectivity index (χ0) is 12.4. The second-order valence-electron chi connectivity index (χ2n) is 4.94. The molecule has 0 saturated heterocycles. The zero-order valence-corrected chi connectivity index (χ0v) is 10.2. The van der Waals surface area contributed by atoms with Crippen molar-refractivity contribution in [3.8, 4) is 11.4 Å². The quantitative estimate of drug-likeness (QED) is 0.384. The second-order valence-corrected chi connectivity index (χ2v) is 4.94. The average Bonchev–Trinajstić information content (AvgIpc) is 3.05. The van der Waals surface area contributed by atoms with Gasteiger partial charge in [0.1, 0.15) is 23.6 Å². The normalized spacial score (nSPS) is 13.1. The van der Waals surface area contributed by atoms with E-state index in [0.717, 1.165) is 12.2 Å². The summed E-state index contributed by atoms with van der Waals surface area (Å²) >= 11 is 0. The minimum Gasteiger partial charge on any atom is -0.253 e. The summed E-state index contributed by atoms with van der Waals surface area (Å²) < 4.78 is 6.72. The van der Waals surface area contributed by atoms with Gasteiger partial charge < -0.3 is 0 Å². The van der Waals surface area contributed by atoms with Crippen molar-refractivity contribution in [2.24, 2.45) is 0 Å². The van der Waals surface area contributed by atoms with Gasteiger partial charge >= 0.3 is 5.78 Å². The number of rotatable bonds is 0. The fourth-order valence-corrected chi connectivity index (χ4v) is 3.05. The van der Waals surface area contributed by atoms with Gasteiger partial charge in [0.15, 0.2) is 5.69 Å². The average molecular weight is 247 g/mol. The molecule has 19 heavy (non-hydrogen) atoms. The van der Waals surface area contributed by atoms with Gasteiger partial charge in [0.05, 0.1) is 12.7 Å². The molecule has 0 unspecified atom stereocenters. The lowest BCUT2D eigenvalue weighted by Crippen LogP contribution is -2.16. The van der Waals surface area contributed by atoms with Crippen molar-refractivity contribution in [2.75, 3.05) is 0 Å². The second kappa shape index (κ2) is 3.03. The Kier molecular flexibility index (Phi) is 1.49. The molecule has 4 aromatic rings. The van der Waals surface area contributed by atoms with Crippen LogP contribution in [0.4, 0.5) is 0 Å². The first-order chi connectivity index (χ1) is 9.42. The SMILES string of the molecule is c1cnc2c(c1)Cn1c-2c[n+]2cc3ccccn3c12. The van der Waals surface area contributed by atoms with Crippen LogP contribution in [-0.2, 0) is 6.54 Å². The number of hydrogen-bond acceptors (Lipinski definition) is 1. The minimum absolute atomic E-state index is 0.899. The Morgan fingerprint density at radius 2 is 2.11 bits per heavy atom. The minimum atomic E-state index is 0.899. The maximum Gasteiger partial charge on any atom is 0.374 e. The molecule has 0 spiro atoms. The number of pyridine rings is 2. The highest BCUT2D eigenvalue weighted by Gasteiger charge is 2.29. The Morgan fingerprint density at radius 3 is 3.11 bits per heavy atom. The maximum atomic E-state index is 4.51. The molecule has 5 heterocycles. The molecule has 4 nitrogen and oxygen atoms in total. The van der Waals surface area contributed by atoms with E-state index in [1.807, 2.05) is 12.3 Å². The molecule has 0 N–H and O–H groups in total. The maximum absolute atomic E-state index is 4.51. The zero-order valence-electron chi connectivity index (χ0n) is 10.2. The van der Waals surface area contributed by atoms with Crippen LogP contribution in [0.15, 0.2) is 55.1 Å². The Bertz CT molecular complexity index is 945. The van der Waals surface area contributed by atoms with Gasteiger partial charge in [-0.15, -0.1) is 0 Å². The lowest BCUT2D eigenvalue weighted by Gasteiger charge is -1.92. The van der Waals surface area contributed by atoms with E-state index in [2.05, 4.69) is 61.2 Å². The van der Waals surface area contributed by atoms with E-state index in [-0.39, 0.29) is 0 Å². The number of nitrogens with zero attached hydrogens (tertiary/aromatic N) is 4. The van der Waals surface area contributed by atoms with Crippen molar-refractivity contribution in [2.45, 2.75) is 6.54 Å².